The summed E-state index contributed by atoms with van der Waals surface area (Å²) in [4.78, 5) is 23.2. The van der Waals surface area contributed by atoms with E-state index in [0.29, 0.717) is 12.8 Å². The van der Waals surface area contributed by atoms with Gasteiger partial charge in [-0.05, 0) is 38.5 Å². The van der Waals surface area contributed by atoms with Crippen LogP contribution in [0.25, 0.3) is 0 Å². The minimum atomic E-state index is -0.195. The van der Waals surface area contributed by atoms with Crippen molar-refractivity contribution in [2.45, 2.75) is 103 Å². The third-order valence-corrected chi connectivity index (χ3v) is 4.69. The van der Waals surface area contributed by atoms with Crippen molar-refractivity contribution in [3.8, 4) is 0 Å². The van der Waals surface area contributed by atoms with Gasteiger partial charge in [-0.3, -0.25) is 9.59 Å². The van der Waals surface area contributed by atoms with E-state index in [4.69, 9.17) is 9.47 Å². The fourth-order valence-electron chi connectivity index (χ4n) is 2.99. The summed E-state index contributed by atoms with van der Waals surface area (Å²) in [6, 6.07) is 0. The average molecular weight is 675 g/mol. The van der Waals surface area contributed by atoms with Crippen molar-refractivity contribution in [2.24, 2.45) is 0 Å². The van der Waals surface area contributed by atoms with Gasteiger partial charge in [0.05, 0.1) is 0 Å². The van der Waals surface area contributed by atoms with Gasteiger partial charge in [0, 0.05) is 12.8 Å². The van der Waals surface area contributed by atoms with Crippen LogP contribution < -0.4 is 0 Å². The van der Waals surface area contributed by atoms with Crippen LogP contribution in [-0.2, 0) is 19.1 Å². The molecule has 0 rings (SSSR count). The topological polar surface area (TPSA) is 52.6 Å². The van der Waals surface area contributed by atoms with Crippen LogP contribution in [0.3, 0.4) is 0 Å². The molecule has 0 aromatic carbocycles. The maximum absolute atomic E-state index is 11.6. The maximum Gasteiger partial charge on any atom is 0.305 e. The Balaban J connectivity index is -0.0000000644. The summed E-state index contributed by atoms with van der Waals surface area (Å²) in [6.45, 7) is 67.8. The average Bonchev–Trinajstić information content (AvgIpc) is 3.20. The number of carbonyl (C=O) groups is 2. The summed E-state index contributed by atoms with van der Waals surface area (Å²) in [7, 11) is 0. The summed E-state index contributed by atoms with van der Waals surface area (Å²) in [6.07, 6.45) is 20.5. The van der Waals surface area contributed by atoms with Gasteiger partial charge >= 0.3 is 11.9 Å². The van der Waals surface area contributed by atoms with Crippen LogP contribution in [0.5, 0.6) is 0 Å². The highest BCUT2D eigenvalue weighted by atomic mass is 16.6. The van der Waals surface area contributed by atoms with Crippen molar-refractivity contribution in [1.29, 1.82) is 0 Å². The third-order valence-electron chi connectivity index (χ3n) is 4.69. The minimum Gasteiger partial charge on any atom is -0.462 e. The lowest BCUT2D eigenvalue weighted by Gasteiger charge is -2.07. The summed E-state index contributed by atoms with van der Waals surface area (Å²) in [5.74, 6) is -0.390. The van der Waals surface area contributed by atoms with Crippen molar-refractivity contribution < 1.29 is 19.1 Å². The molecule has 0 aliphatic heterocycles. The molecule has 4 heteroatoms. The van der Waals surface area contributed by atoms with Crippen molar-refractivity contribution in [3.63, 3.8) is 0 Å². The van der Waals surface area contributed by atoms with Gasteiger partial charge in [-0.15, -0.1) is 145 Å². The van der Waals surface area contributed by atoms with Gasteiger partial charge in [0.25, 0.3) is 0 Å². The van der Waals surface area contributed by atoms with Gasteiger partial charge in [-0.2, -0.15) is 0 Å². The molecule has 0 aliphatic rings. The van der Waals surface area contributed by atoms with E-state index >= 15 is 0 Å². The number of carbonyl (C=O) groups excluding carboxylic acids is 2. The third kappa shape index (κ3) is 134. The number of rotatable bonds is 21. The van der Waals surface area contributed by atoms with Crippen LogP contribution in [0.15, 0.2) is 157 Å². The molecular weight excluding hydrogens is 592 g/mol. The zero-order valence-electron chi connectivity index (χ0n) is 32.1. The zero-order chi connectivity index (χ0) is 40.7. The van der Waals surface area contributed by atoms with Gasteiger partial charge in [0.1, 0.15) is 13.2 Å². The van der Waals surface area contributed by atoms with E-state index in [1.807, 2.05) is 12.2 Å². The number of hydrogen-bond acceptors (Lipinski definition) is 4. The summed E-state index contributed by atoms with van der Waals surface area (Å²) in [5.41, 5.74) is 0. The lowest BCUT2D eigenvalue weighted by atomic mass is 10.1. The zero-order valence-corrected chi connectivity index (χ0v) is 32.1. The standard InChI is InChI=1S/C24H42O4.10C2H4/c1-3-5-7-9-11-13-15-17-19-23(25)27-21-22-28-24(26)20-18-16-14-12-10-8-6-4-2;10*1-2/h3-4H,1-2,5-22H2;10*1-2H2. The van der Waals surface area contributed by atoms with Crippen LogP contribution in [0.1, 0.15) is 103 Å². The number of unbranched alkanes of at least 4 members (excludes halogenated alkanes) is 12. The first-order valence-corrected chi connectivity index (χ1v) is 16.2. The summed E-state index contributed by atoms with van der Waals surface area (Å²) < 4.78 is 10.2. The Morgan fingerprint density at radius 1 is 0.333 bits per heavy atom. The Bertz CT molecular complexity index is 473. The fraction of sp³-hybridized carbons (Fsp3) is 0.409. The Labute approximate surface area is 303 Å². The largest absolute Gasteiger partial charge is 0.462 e. The highest BCUT2D eigenvalue weighted by Crippen LogP contribution is 2.10. The van der Waals surface area contributed by atoms with Gasteiger partial charge < -0.3 is 9.47 Å². The molecule has 0 aliphatic carbocycles. The Morgan fingerprint density at radius 3 is 0.729 bits per heavy atom. The molecule has 0 saturated carbocycles. The Kier molecular flexibility index (Phi) is 205. The van der Waals surface area contributed by atoms with Crippen LogP contribution in [-0.4, -0.2) is 25.2 Å². The van der Waals surface area contributed by atoms with E-state index in [1.54, 1.807) is 0 Å². The summed E-state index contributed by atoms with van der Waals surface area (Å²) in [5, 5.41) is 0. The second kappa shape index (κ2) is 132. The molecule has 0 aromatic rings. The molecule has 0 saturated heterocycles. The second-order valence-corrected chi connectivity index (χ2v) is 7.34. The van der Waals surface area contributed by atoms with Crippen LogP contribution in [0, 0.1) is 0 Å². The molecule has 48 heavy (non-hydrogen) atoms. The quantitative estimate of drug-likeness (QED) is 0.0691. The van der Waals surface area contributed by atoms with Crippen molar-refractivity contribution in [3.05, 3.63) is 157 Å². The predicted octanol–water partition coefficient (Wildman–Crippen LogP) is 14.7. The van der Waals surface area contributed by atoms with Gasteiger partial charge in [0.2, 0.25) is 0 Å². The first-order chi connectivity index (χ1) is 23.7. The number of allylic oxidation sites excluding steroid dienone is 2. The summed E-state index contributed by atoms with van der Waals surface area (Å²) >= 11 is 0. The normalized spacial score (nSPS) is 6.92. The van der Waals surface area contributed by atoms with Gasteiger partial charge in [0.15, 0.2) is 0 Å². The molecule has 0 fully saturated rings. The fourth-order valence-corrected chi connectivity index (χ4v) is 2.99. The molecule has 0 unspecified atom stereocenters. The molecule has 0 spiro atoms. The Morgan fingerprint density at radius 2 is 0.521 bits per heavy atom. The molecular formula is C44H82O4. The van der Waals surface area contributed by atoms with E-state index in [-0.39, 0.29) is 25.2 Å². The minimum absolute atomic E-state index is 0.162. The molecule has 0 atom stereocenters. The lowest BCUT2D eigenvalue weighted by molar-refractivity contribution is -0.152. The highest BCUT2D eigenvalue weighted by Gasteiger charge is 2.05. The van der Waals surface area contributed by atoms with Crippen LogP contribution in [0.4, 0.5) is 0 Å². The number of ether oxygens (including phenoxy) is 2. The van der Waals surface area contributed by atoms with Crippen molar-refractivity contribution in [1.82, 2.24) is 0 Å². The predicted molar refractivity (Wildman–Crippen MR) is 229 cm³/mol. The second-order valence-electron chi connectivity index (χ2n) is 7.34. The first-order valence-electron chi connectivity index (χ1n) is 16.2. The lowest BCUT2D eigenvalue weighted by Crippen LogP contribution is -2.13. The van der Waals surface area contributed by atoms with Gasteiger partial charge in [-0.25, -0.2) is 0 Å². The molecule has 0 N–H and O–H groups in total. The van der Waals surface area contributed by atoms with E-state index in [9.17, 15) is 9.59 Å². The van der Waals surface area contributed by atoms with Crippen LogP contribution in [0.2, 0.25) is 0 Å². The number of hydrogen-bond donors (Lipinski definition) is 0. The highest BCUT2D eigenvalue weighted by molar-refractivity contribution is 5.70. The first kappa shape index (κ1) is 74.6. The molecule has 0 radical (unpaired) electrons. The van der Waals surface area contributed by atoms with Crippen LogP contribution >= 0.6 is 0 Å². The van der Waals surface area contributed by atoms with E-state index in [1.165, 1.54) is 38.5 Å². The molecule has 0 amide bonds. The van der Waals surface area contributed by atoms with E-state index in [2.05, 4.69) is 145 Å². The van der Waals surface area contributed by atoms with Gasteiger partial charge in [-0.1, -0.05) is 63.5 Å². The SMILES string of the molecule is C=C.C=C.C=C.C=C.C=C.C=C.C=C.C=C.C=C.C=C.C=CCCCCCCCCC(=O)OCCOC(=O)CCCCCCCCC=C. The smallest absolute Gasteiger partial charge is 0.305 e. The molecule has 4 nitrogen and oxygen atoms in total. The van der Waals surface area contributed by atoms with Crippen molar-refractivity contribution in [2.75, 3.05) is 13.2 Å². The monoisotopic (exact) mass is 675 g/mol. The molecule has 0 heterocycles. The van der Waals surface area contributed by atoms with E-state index in [0.717, 1.165) is 51.4 Å². The molecule has 282 valence electrons. The number of esters is 2. The van der Waals surface area contributed by atoms with Crippen molar-refractivity contribution >= 4 is 11.9 Å². The maximum atomic E-state index is 11.6. The van der Waals surface area contributed by atoms with E-state index < -0.39 is 0 Å². The molecule has 0 aromatic heterocycles. The Hall–Kier alpha value is -4.18. The molecule has 0 bridgehead atoms.